The molecule has 1 nitrogen and oxygen atoms in total. The molecular formula is C30H34O. The van der Waals surface area contributed by atoms with Gasteiger partial charge in [-0.05, 0) is 54.0 Å². The second-order valence-electron chi connectivity index (χ2n) is 9.88. The topological polar surface area (TPSA) is 20.2 Å². The van der Waals surface area contributed by atoms with E-state index in [9.17, 15) is 5.11 Å². The van der Waals surface area contributed by atoms with Gasteiger partial charge in [-0.15, -0.1) is 0 Å². The van der Waals surface area contributed by atoms with Gasteiger partial charge in [0.25, 0.3) is 0 Å². The molecule has 1 aliphatic carbocycles. The maximum absolute atomic E-state index is 11.6. The minimum Gasteiger partial charge on any atom is -0.507 e. The molecule has 0 saturated carbocycles. The predicted molar refractivity (Wildman–Crippen MR) is 132 cm³/mol. The van der Waals surface area contributed by atoms with E-state index in [0.29, 0.717) is 5.75 Å². The Kier molecular flexibility index (Phi) is 5.79. The molecule has 0 saturated heterocycles. The van der Waals surface area contributed by atoms with Crippen LogP contribution in [0.3, 0.4) is 0 Å². The lowest BCUT2D eigenvalue weighted by atomic mass is 9.71. The van der Waals surface area contributed by atoms with Gasteiger partial charge in [-0.3, -0.25) is 0 Å². The van der Waals surface area contributed by atoms with Gasteiger partial charge >= 0.3 is 0 Å². The molecule has 0 fully saturated rings. The first-order valence-electron chi connectivity index (χ1n) is 11.5. The molecule has 0 aromatic heterocycles. The van der Waals surface area contributed by atoms with E-state index in [2.05, 4.69) is 101 Å². The zero-order valence-electron chi connectivity index (χ0n) is 19.3. The molecule has 1 aliphatic rings. The van der Waals surface area contributed by atoms with E-state index in [1.807, 2.05) is 6.07 Å². The van der Waals surface area contributed by atoms with Gasteiger partial charge in [0.2, 0.25) is 0 Å². The average Bonchev–Trinajstić information content (AvgIpc) is 2.80. The smallest absolute Gasteiger partial charge is 0.127 e. The fourth-order valence-corrected chi connectivity index (χ4v) is 4.83. The summed E-state index contributed by atoms with van der Waals surface area (Å²) in [5.41, 5.74) is 6.58. The van der Waals surface area contributed by atoms with Gasteiger partial charge < -0.3 is 5.11 Å². The van der Waals surface area contributed by atoms with E-state index in [1.54, 1.807) is 0 Å². The molecule has 0 amide bonds. The first-order valence-corrected chi connectivity index (χ1v) is 11.5. The Balaban J connectivity index is 1.95. The molecule has 1 N–H and O–H groups in total. The lowest BCUT2D eigenvalue weighted by molar-refractivity contribution is 0.449. The highest BCUT2D eigenvalue weighted by molar-refractivity contribution is 5.74. The van der Waals surface area contributed by atoms with Crippen molar-refractivity contribution in [1.29, 1.82) is 0 Å². The third kappa shape index (κ3) is 4.06. The van der Waals surface area contributed by atoms with Crippen LogP contribution in [0.2, 0.25) is 0 Å². The summed E-state index contributed by atoms with van der Waals surface area (Å²) in [5.74, 6) is 0.439. The van der Waals surface area contributed by atoms with E-state index in [1.165, 1.54) is 35.1 Å². The molecule has 0 bridgehead atoms. The van der Waals surface area contributed by atoms with Crippen LogP contribution < -0.4 is 0 Å². The summed E-state index contributed by atoms with van der Waals surface area (Å²) < 4.78 is 0. The summed E-state index contributed by atoms with van der Waals surface area (Å²) in [6.45, 7) is 9.01. The molecular weight excluding hydrogens is 376 g/mol. The fraction of sp³-hybridized carbons (Fsp3) is 0.333. The fourth-order valence-electron chi connectivity index (χ4n) is 4.83. The minimum atomic E-state index is -0.307. The van der Waals surface area contributed by atoms with Gasteiger partial charge in [-0.2, -0.15) is 0 Å². The maximum Gasteiger partial charge on any atom is 0.127 e. The minimum absolute atomic E-state index is 0.166. The zero-order valence-corrected chi connectivity index (χ0v) is 19.3. The number of hydrogen-bond acceptors (Lipinski definition) is 1. The van der Waals surface area contributed by atoms with E-state index >= 15 is 0 Å². The Hall–Kier alpha value is -2.80. The van der Waals surface area contributed by atoms with Crippen LogP contribution in [-0.4, -0.2) is 5.11 Å². The van der Waals surface area contributed by atoms with Crippen LogP contribution in [-0.2, 0) is 10.8 Å². The first-order chi connectivity index (χ1) is 14.8. The number of rotatable bonds is 5. The molecule has 31 heavy (non-hydrogen) atoms. The van der Waals surface area contributed by atoms with Crippen LogP contribution in [0.5, 0.6) is 5.75 Å². The summed E-state index contributed by atoms with van der Waals surface area (Å²) in [6.07, 6.45) is 6.89. The largest absolute Gasteiger partial charge is 0.507 e. The van der Waals surface area contributed by atoms with Crippen molar-refractivity contribution in [2.24, 2.45) is 0 Å². The molecule has 3 aromatic rings. The van der Waals surface area contributed by atoms with Gasteiger partial charge in [0.05, 0.1) is 0 Å². The van der Waals surface area contributed by atoms with Crippen LogP contribution >= 0.6 is 0 Å². The summed E-state index contributed by atoms with van der Waals surface area (Å²) in [5, 5.41) is 11.6. The molecule has 160 valence electrons. The predicted octanol–water partition coefficient (Wildman–Crippen LogP) is 8.00. The van der Waals surface area contributed by atoms with E-state index < -0.39 is 0 Å². The van der Waals surface area contributed by atoms with Crippen molar-refractivity contribution in [2.75, 3.05) is 0 Å². The van der Waals surface area contributed by atoms with Crippen LogP contribution in [0.25, 0.3) is 5.57 Å². The molecule has 3 aromatic carbocycles. The van der Waals surface area contributed by atoms with Crippen molar-refractivity contribution in [3.63, 3.8) is 0 Å². The highest BCUT2D eigenvalue weighted by Gasteiger charge is 2.32. The average molecular weight is 411 g/mol. The molecule has 0 unspecified atom stereocenters. The lowest BCUT2D eigenvalue weighted by Gasteiger charge is -2.33. The van der Waals surface area contributed by atoms with Crippen molar-refractivity contribution in [3.8, 4) is 5.75 Å². The maximum atomic E-state index is 11.6. The van der Waals surface area contributed by atoms with Crippen LogP contribution in [0.4, 0.5) is 0 Å². The summed E-state index contributed by atoms with van der Waals surface area (Å²) in [4.78, 5) is 0. The zero-order chi connectivity index (χ0) is 22.1. The second kappa shape index (κ2) is 8.38. The lowest BCUT2D eigenvalue weighted by Crippen LogP contribution is -2.24. The van der Waals surface area contributed by atoms with Crippen molar-refractivity contribution < 1.29 is 5.11 Å². The molecule has 0 radical (unpaired) electrons. The number of phenols is 1. The van der Waals surface area contributed by atoms with Crippen molar-refractivity contribution in [1.82, 2.24) is 0 Å². The van der Waals surface area contributed by atoms with E-state index in [0.717, 1.165) is 24.0 Å². The Morgan fingerprint density at radius 1 is 0.677 bits per heavy atom. The van der Waals surface area contributed by atoms with Crippen molar-refractivity contribution >= 4 is 5.57 Å². The molecule has 0 heterocycles. The molecule has 0 aliphatic heterocycles. The Labute approximate surface area is 187 Å². The first kappa shape index (κ1) is 21.4. The quantitative estimate of drug-likeness (QED) is 0.452. The number of hydrogen-bond donors (Lipinski definition) is 1. The number of benzene rings is 3. The third-order valence-electron chi connectivity index (χ3n) is 7.13. The van der Waals surface area contributed by atoms with E-state index in [-0.39, 0.29) is 10.8 Å². The Morgan fingerprint density at radius 3 is 1.81 bits per heavy atom. The van der Waals surface area contributed by atoms with Gasteiger partial charge in [0.1, 0.15) is 5.75 Å². The number of allylic oxidation sites excluding steroid dienone is 2. The highest BCUT2D eigenvalue weighted by atomic mass is 16.3. The molecule has 0 atom stereocenters. The normalized spacial score (nSPS) is 14.9. The molecule has 4 rings (SSSR count). The molecule has 0 spiro atoms. The van der Waals surface area contributed by atoms with Gasteiger partial charge in [-0.25, -0.2) is 0 Å². The Morgan fingerprint density at radius 2 is 1.26 bits per heavy atom. The summed E-state index contributed by atoms with van der Waals surface area (Å²) >= 11 is 0. The van der Waals surface area contributed by atoms with Crippen LogP contribution in [0, 0.1) is 0 Å². The van der Waals surface area contributed by atoms with Gasteiger partial charge in [0, 0.05) is 22.0 Å². The third-order valence-corrected chi connectivity index (χ3v) is 7.13. The second-order valence-corrected chi connectivity index (χ2v) is 9.88. The van der Waals surface area contributed by atoms with Gasteiger partial charge in [-0.1, -0.05) is 101 Å². The van der Waals surface area contributed by atoms with Gasteiger partial charge in [0.15, 0.2) is 0 Å². The van der Waals surface area contributed by atoms with Crippen molar-refractivity contribution in [2.45, 2.75) is 64.2 Å². The SMILES string of the molecule is CC(C)(c1ccccc1)c1cc(C2=CCCCC2)c(O)c(C(C)(C)c2ccccc2)c1. The monoisotopic (exact) mass is 410 g/mol. The Bertz CT molecular complexity index is 1070. The summed E-state index contributed by atoms with van der Waals surface area (Å²) in [6, 6.07) is 25.7. The standard InChI is InChI=1S/C30H34O/c1-29(2,23-16-10-6-11-17-23)25-20-26(22-14-8-5-9-15-22)28(31)27(21-25)30(3,4)24-18-12-7-13-19-24/h6-7,10-14,16-21,31H,5,8-9,15H2,1-4H3. The number of phenolic OH excluding ortho intramolecular Hbond substituents is 1. The molecule has 1 heteroatoms. The highest BCUT2D eigenvalue weighted by Crippen LogP contribution is 2.45. The van der Waals surface area contributed by atoms with Crippen LogP contribution in [0.1, 0.15) is 81.2 Å². The van der Waals surface area contributed by atoms with Crippen LogP contribution in [0.15, 0.2) is 78.9 Å². The van der Waals surface area contributed by atoms with Crippen molar-refractivity contribution in [3.05, 3.63) is 107 Å². The number of aromatic hydroxyl groups is 1. The summed E-state index contributed by atoms with van der Waals surface area (Å²) in [7, 11) is 0. The van der Waals surface area contributed by atoms with E-state index in [4.69, 9.17) is 0 Å².